The summed E-state index contributed by atoms with van der Waals surface area (Å²) < 4.78 is 1.59. The van der Waals surface area contributed by atoms with Gasteiger partial charge < -0.3 is 5.32 Å². The molecule has 0 radical (unpaired) electrons. The van der Waals surface area contributed by atoms with Crippen molar-refractivity contribution in [2.75, 3.05) is 6.54 Å². The number of hydrogen-bond donors (Lipinski definition) is 1. The summed E-state index contributed by atoms with van der Waals surface area (Å²) in [5.41, 5.74) is 2.38. The molecule has 0 saturated heterocycles. The second kappa shape index (κ2) is 6.67. The van der Waals surface area contributed by atoms with E-state index in [4.69, 9.17) is 0 Å². The van der Waals surface area contributed by atoms with Crippen molar-refractivity contribution in [3.05, 3.63) is 78.1 Å². The Balaban J connectivity index is 1.58. The van der Waals surface area contributed by atoms with Gasteiger partial charge in [0, 0.05) is 6.54 Å². The van der Waals surface area contributed by atoms with E-state index < -0.39 is 0 Å². The molecule has 0 bridgehead atoms. The highest BCUT2D eigenvalue weighted by Crippen LogP contribution is 2.05. The molecule has 22 heavy (non-hydrogen) atoms. The molecule has 0 spiro atoms. The third-order valence-electron chi connectivity index (χ3n) is 3.29. The van der Waals surface area contributed by atoms with Gasteiger partial charge in [-0.25, -0.2) is 4.68 Å². The monoisotopic (exact) mass is 292 g/mol. The van der Waals surface area contributed by atoms with Crippen molar-refractivity contribution in [2.45, 2.75) is 6.42 Å². The van der Waals surface area contributed by atoms with Crippen LogP contribution in [0.3, 0.4) is 0 Å². The molecule has 1 aromatic heterocycles. The van der Waals surface area contributed by atoms with Gasteiger partial charge in [-0.05, 0) is 24.1 Å². The second-order valence-electron chi connectivity index (χ2n) is 4.88. The Morgan fingerprint density at radius 1 is 1.00 bits per heavy atom. The highest BCUT2D eigenvalue weighted by molar-refractivity contribution is 5.91. The van der Waals surface area contributed by atoms with Gasteiger partial charge >= 0.3 is 0 Å². The van der Waals surface area contributed by atoms with Crippen LogP contribution < -0.4 is 5.32 Å². The predicted molar refractivity (Wildman–Crippen MR) is 83.8 cm³/mol. The zero-order valence-electron chi connectivity index (χ0n) is 12.0. The molecule has 0 aliphatic carbocycles. The summed E-state index contributed by atoms with van der Waals surface area (Å²) in [4.78, 5) is 12.1. The minimum atomic E-state index is -0.210. The molecule has 110 valence electrons. The number of amides is 1. The van der Waals surface area contributed by atoms with Gasteiger partial charge in [-0.2, -0.15) is 0 Å². The van der Waals surface area contributed by atoms with Crippen LogP contribution in [0.5, 0.6) is 0 Å². The minimum Gasteiger partial charge on any atom is -0.350 e. The predicted octanol–water partition coefficient (Wildman–Crippen LogP) is 2.24. The van der Waals surface area contributed by atoms with Crippen molar-refractivity contribution in [1.82, 2.24) is 20.3 Å². The van der Waals surface area contributed by atoms with Crippen LogP contribution in [0.15, 0.2) is 66.9 Å². The van der Waals surface area contributed by atoms with E-state index in [0.717, 1.165) is 12.1 Å². The van der Waals surface area contributed by atoms with E-state index >= 15 is 0 Å². The van der Waals surface area contributed by atoms with Crippen molar-refractivity contribution in [2.24, 2.45) is 0 Å². The molecule has 0 saturated carbocycles. The summed E-state index contributed by atoms with van der Waals surface area (Å²) in [6, 6.07) is 19.6. The van der Waals surface area contributed by atoms with Crippen molar-refractivity contribution in [3.8, 4) is 5.69 Å². The number of nitrogens with one attached hydrogen (secondary N) is 1. The summed E-state index contributed by atoms with van der Waals surface area (Å²) in [6.45, 7) is 0.570. The molecule has 5 nitrogen and oxygen atoms in total. The average Bonchev–Trinajstić information content (AvgIpc) is 3.07. The first-order valence-electron chi connectivity index (χ1n) is 7.13. The molecular weight excluding hydrogens is 276 g/mol. The zero-order valence-corrected chi connectivity index (χ0v) is 12.0. The van der Waals surface area contributed by atoms with Crippen molar-refractivity contribution >= 4 is 5.91 Å². The first-order chi connectivity index (χ1) is 10.8. The van der Waals surface area contributed by atoms with Crippen LogP contribution in [-0.2, 0) is 6.42 Å². The molecule has 0 atom stereocenters. The molecule has 5 heteroatoms. The van der Waals surface area contributed by atoms with Crippen LogP contribution in [0, 0.1) is 0 Å². The molecule has 0 aliphatic rings. The normalized spacial score (nSPS) is 10.4. The number of nitrogens with zero attached hydrogens (tertiary/aromatic N) is 3. The number of rotatable bonds is 5. The zero-order chi connectivity index (χ0) is 15.2. The Morgan fingerprint density at radius 3 is 2.41 bits per heavy atom. The van der Waals surface area contributed by atoms with Crippen molar-refractivity contribution in [1.29, 1.82) is 0 Å². The van der Waals surface area contributed by atoms with E-state index in [1.165, 1.54) is 5.56 Å². The molecule has 0 fully saturated rings. The summed E-state index contributed by atoms with van der Waals surface area (Å²) in [5, 5.41) is 10.8. The second-order valence-corrected chi connectivity index (χ2v) is 4.88. The number of hydrogen-bond acceptors (Lipinski definition) is 3. The van der Waals surface area contributed by atoms with E-state index in [1.54, 1.807) is 10.9 Å². The van der Waals surface area contributed by atoms with Gasteiger partial charge in [0.05, 0.1) is 11.9 Å². The van der Waals surface area contributed by atoms with E-state index in [9.17, 15) is 4.79 Å². The number of benzene rings is 2. The lowest BCUT2D eigenvalue weighted by Crippen LogP contribution is -2.26. The lowest BCUT2D eigenvalue weighted by Gasteiger charge is -2.03. The number of aromatic nitrogens is 3. The van der Waals surface area contributed by atoms with Gasteiger partial charge in [0.1, 0.15) is 0 Å². The Morgan fingerprint density at radius 2 is 1.68 bits per heavy atom. The fraction of sp³-hybridized carbons (Fsp3) is 0.118. The maximum absolute atomic E-state index is 12.1. The Labute approximate surface area is 128 Å². The first-order valence-corrected chi connectivity index (χ1v) is 7.13. The fourth-order valence-electron chi connectivity index (χ4n) is 2.13. The van der Waals surface area contributed by atoms with Gasteiger partial charge in [0.25, 0.3) is 5.91 Å². The van der Waals surface area contributed by atoms with E-state index in [0.29, 0.717) is 12.2 Å². The first kappa shape index (κ1) is 14.0. The Bertz CT molecular complexity index is 738. The Hall–Kier alpha value is -2.95. The molecule has 3 aromatic rings. The molecular formula is C17H16N4O. The van der Waals surface area contributed by atoms with Crippen LogP contribution in [0.1, 0.15) is 16.1 Å². The van der Waals surface area contributed by atoms with Gasteiger partial charge in [0.15, 0.2) is 5.69 Å². The highest BCUT2D eigenvalue weighted by Gasteiger charge is 2.10. The summed E-state index contributed by atoms with van der Waals surface area (Å²) >= 11 is 0. The topological polar surface area (TPSA) is 59.8 Å². The smallest absolute Gasteiger partial charge is 0.273 e. The van der Waals surface area contributed by atoms with Gasteiger partial charge in [-0.1, -0.05) is 53.7 Å². The van der Waals surface area contributed by atoms with E-state index in [-0.39, 0.29) is 5.91 Å². The van der Waals surface area contributed by atoms with Gasteiger partial charge in [-0.3, -0.25) is 4.79 Å². The molecule has 0 aliphatic heterocycles. The largest absolute Gasteiger partial charge is 0.350 e. The summed E-state index contributed by atoms with van der Waals surface area (Å²) in [5.74, 6) is -0.210. The van der Waals surface area contributed by atoms with Crippen molar-refractivity contribution in [3.63, 3.8) is 0 Å². The van der Waals surface area contributed by atoms with Gasteiger partial charge in [0.2, 0.25) is 0 Å². The molecule has 1 heterocycles. The molecule has 1 amide bonds. The SMILES string of the molecule is O=C(NCCc1ccccc1)c1cn(-c2ccccc2)nn1. The standard InChI is InChI=1S/C17H16N4O/c22-17(18-12-11-14-7-3-1-4-8-14)16-13-21(20-19-16)15-9-5-2-6-10-15/h1-10,13H,11-12H2,(H,18,22). The Kier molecular flexibility index (Phi) is 4.25. The van der Waals surface area contributed by atoms with Crippen LogP contribution in [-0.4, -0.2) is 27.4 Å². The number of carbonyl (C=O) groups is 1. The highest BCUT2D eigenvalue weighted by atomic mass is 16.2. The van der Waals surface area contributed by atoms with Crippen LogP contribution in [0.4, 0.5) is 0 Å². The lowest BCUT2D eigenvalue weighted by molar-refractivity contribution is 0.0949. The minimum absolute atomic E-state index is 0.210. The summed E-state index contributed by atoms with van der Waals surface area (Å²) in [7, 11) is 0. The van der Waals surface area contributed by atoms with E-state index in [1.807, 2.05) is 60.7 Å². The average molecular weight is 292 g/mol. The van der Waals surface area contributed by atoms with Crippen LogP contribution in [0.25, 0.3) is 5.69 Å². The molecule has 1 N–H and O–H groups in total. The number of para-hydroxylation sites is 1. The molecule has 3 rings (SSSR count). The molecule has 0 unspecified atom stereocenters. The summed E-state index contributed by atoms with van der Waals surface area (Å²) in [6.07, 6.45) is 2.42. The molecule has 2 aromatic carbocycles. The van der Waals surface area contributed by atoms with E-state index in [2.05, 4.69) is 15.6 Å². The van der Waals surface area contributed by atoms with Gasteiger partial charge in [-0.15, -0.1) is 5.10 Å². The fourth-order valence-corrected chi connectivity index (χ4v) is 2.13. The maximum atomic E-state index is 12.1. The third-order valence-corrected chi connectivity index (χ3v) is 3.29. The number of carbonyl (C=O) groups excluding carboxylic acids is 1. The lowest BCUT2D eigenvalue weighted by atomic mass is 10.1. The quantitative estimate of drug-likeness (QED) is 0.784. The van der Waals surface area contributed by atoms with Crippen LogP contribution in [0.2, 0.25) is 0 Å². The van der Waals surface area contributed by atoms with Crippen molar-refractivity contribution < 1.29 is 4.79 Å². The van der Waals surface area contributed by atoms with Crippen LogP contribution >= 0.6 is 0 Å². The third kappa shape index (κ3) is 3.38. The maximum Gasteiger partial charge on any atom is 0.273 e.